The van der Waals surface area contributed by atoms with Gasteiger partial charge in [-0.25, -0.2) is 0 Å². The Hall–Kier alpha value is -1.75. The molecule has 0 fully saturated rings. The molecule has 0 radical (unpaired) electrons. The van der Waals surface area contributed by atoms with Crippen molar-refractivity contribution in [2.45, 2.75) is 26.1 Å². The maximum absolute atomic E-state index is 10.8. The van der Waals surface area contributed by atoms with Crippen LogP contribution in [-0.4, -0.2) is 17.1 Å². The third kappa shape index (κ3) is 5.13. The number of carbonyl (C=O) groups is 1. The Morgan fingerprint density at radius 2 is 1.78 bits per heavy atom. The van der Waals surface area contributed by atoms with Crippen molar-refractivity contribution < 1.29 is 14.6 Å². The van der Waals surface area contributed by atoms with Crippen LogP contribution in [0.3, 0.4) is 0 Å². The summed E-state index contributed by atoms with van der Waals surface area (Å²) in [6, 6.07) is 12.5. The van der Waals surface area contributed by atoms with Crippen LogP contribution in [0.5, 0.6) is 5.75 Å². The number of carboxylic acids is 1. The molecule has 0 spiro atoms. The van der Waals surface area contributed by atoms with Crippen LogP contribution in [0.15, 0.2) is 42.5 Å². The Kier molecular flexibility index (Phi) is 6.28. The van der Waals surface area contributed by atoms with Crippen molar-refractivity contribution in [2.75, 3.05) is 0 Å². The van der Waals surface area contributed by atoms with Gasteiger partial charge in [0.15, 0.2) is 5.75 Å². The first-order chi connectivity index (χ1) is 11.0. The van der Waals surface area contributed by atoms with E-state index in [-0.39, 0.29) is 0 Å². The molecule has 1 unspecified atom stereocenters. The topological polar surface area (TPSA) is 58.6 Å². The highest BCUT2D eigenvalue weighted by Crippen LogP contribution is 2.34. The number of nitrogens with one attached hydrogen (secondary N) is 1. The van der Waals surface area contributed by atoms with Gasteiger partial charge in [-0.3, -0.25) is 4.79 Å². The zero-order valence-corrected chi connectivity index (χ0v) is 14.1. The molecule has 1 atom stereocenters. The molecule has 2 N–H and O–H groups in total. The highest BCUT2D eigenvalue weighted by molar-refractivity contribution is 6.37. The number of ether oxygens (including phenoxy) is 1. The fourth-order valence-corrected chi connectivity index (χ4v) is 2.58. The molecule has 122 valence electrons. The molecule has 23 heavy (non-hydrogen) atoms. The van der Waals surface area contributed by atoms with E-state index in [4.69, 9.17) is 33.0 Å². The number of hydrogen-bond donors (Lipinski definition) is 2. The first-order valence-corrected chi connectivity index (χ1v) is 7.84. The smallest absolute Gasteiger partial charge is 0.320 e. The van der Waals surface area contributed by atoms with Crippen molar-refractivity contribution >= 4 is 29.2 Å². The third-order valence-corrected chi connectivity index (χ3v) is 3.83. The molecule has 0 saturated carbocycles. The fraction of sp³-hybridized carbons (Fsp3) is 0.235. The van der Waals surface area contributed by atoms with Crippen molar-refractivity contribution in [2.24, 2.45) is 0 Å². The lowest BCUT2D eigenvalue weighted by atomic mass is 10.2. The lowest BCUT2D eigenvalue weighted by Gasteiger charge is -2.13. The SMILES string of the molecule is CC(NCc1cc(Cl)c(OCc2ccccc2)c(Cl)c1)C(=O)O. The Balaban J connectivity index is 2.03. The van der Waals surface area contributed by atoms with Crippen LogP contribution in [0.2, 0.25) is 10.0 Å². The minimum Gasteiger partial charge on any atom is -0.486 e. The fourth-order valence-electron chi connectivity index (χ4n) is 1.94. The summed E-state index contributed by atoms with van der Waals surface area (Å²) >= 11 is 12.5. The summed E-state index contributed by atoms with van der Waals surface area (Å²) in [5.41, 5.74) is 1.81. The van der Waals surface area contributed by atoms with Gasteiger partial charge in [0.25, 0.3) is 0 Å². The Bertz CT molecular complexity index is 654. The van der Waals surface area contributed by atoms with E-state index in [0.717, 1.165) is 11.1 Å². The predicted octanol–water partition coefficient (Wildman–Crippen LogP) is 4.14. The number of aliphatic carboxylic acids is 1. The third-order valence-electron chi connectivity index (χ3n) is 3.27. The summed E-state index contributed by atoms with van der Waals surface area (Å²) in [4.78, 5) is 10.8. The summed E-state index contributed by atoms with van der Waals surface area (Å²) in [6.07, 6.45) is 0. The molecule has 0 aliphatic carbocycles. The summed E-state index contributed by atoms with van der Waals surface area (Å²) in [5, 5.41) is 12.5. The van der Waals surface area contributed by atoms with Gasteiger partial charge in [0.2, 0.25) is 0 Å². The predicted molar refractivity (Wildman–Crippen MR) is 91.2 cm³/mol. The van der Waals surface area contributed by atoms with Crippen LogP contribution < -0.4 is 10.1 Å². The Morgan fingerprint density at radius 1 is 1.17 bits per heavy atom. The van der Waals surface area contributed by atoms with Gasteiger partial charge in [-0.15, -0.1) is 0 Å². The number of rotatable bonds is 7. The van der Waals surface area contributed by atoms with Crippen molar-refractivity contribution in [1.82, 2.24) is 5.32 Å². The molecule has 0 aromatic heterocycles. The molecule has 0 saturated heterocycles. The van der Waals surface area contributed by atoms with Crippen molar-refractivity contribution in [3.05, 3.63) is 63.6 Å². The largest absolute Gasteiger partial charge is 0.486 e. The van der Waals surface area contributed by atoms with E-state index >= 15 is 0 Å². The minimum atomic E-state index is -0.912. The minimum absolute atomic E-state index is 0.353. The van der Waals surface area contributed by atoms with Gasteiger partial charge in [-0.1, -0.05) is 53.5 Å². The van der Waals surface area contributed by atoms with Crippen molar-refractivity contribution in [1.29, 1.82) is 0 Å². The lowest BCUT2D eigenvalue weighted by Crippen LogP contribution is -2.33. The van der Waals surface area contributed by atoms with E-state index in [1.165, 1.54) is 0 Å². The maximum Gasteiger partial charge on any atom is 0.320 e. The van der Waals surface area contributed by atoms with Gasteiger partial charge in [-0.2, -0.15) is 0 Å². The molecule has 2 aromatic carbocycles. The molecule has 2 aromatic rings. The van der Waals surface area contributed by atoms with Crippen LogP contribution >= 0.6 is 23.2 Å². The molecule has 0 amide bonds. The van der Waals surface area contributed by atoms with Crippen LogP contribution in [0, 0.1) is 0 Å². The average Bonchev–Trinajstić information content (AvgIpc) is 2.52. The second-order valence-electron chi connectivity index (χ2n) is 5.10. The van der Waals surface area contributed by atoms with E-state index in [1.54, 1.807) is 19.1 Å². The van der Waals surface area contributed by atoms with Crippen LogP contribution in [0.1, 0.15) is 18.1 Å². The normalized spacial score (nSPS) is 12.0. The molecular formula is C17H17Cl2NO3. The van der Waals surface area contributed by atoms with Crippen molar-refractivity contribution in [3.63, 3.8) is 0 Å². The van der Waals surface area contributed by atoms with Gasteiger partial charge in [0, 0.05) is 6.54 Å². The summed E-state index contributed by atoms with van der Waals surface area (Å²) in [6.45, 7) is 2.29. The number of carboxylic acid groups (broad SMARTS) is 1. The average molecular weight is 354 g/mol. The second-order valence-corrected chi connectivity index (χ2v) is 5.92. The molecule has 0 aliphatic heterocycles. The molecular weight excluding hydrogens is 337 g/mol. The highest BCUT2D eigenvalue weighted by atomic mass is 35.5. The van der Waals surface area contributed by atoms with Crippen LogP contribution in [-0.2, 0) is 17.9 Å². The zero-order valence-electron chi connectivity index (χ0n) is 12.6. The van der Waals surface area contributed by atoms with Crippen LogP contribution in [0.4, 0.5) is 0 Å². The molecule has 2 rings (SSSR count). The second kappa shape index (κ2) is 8.20. The molecule has 6 heteroatoms. The number of halogens is 2. The van der Waals surface area contributed by atoms with E-state index in [1.807, 2.05) is 30.3 Å². The Morgan fingerprint density at radius 3 is 2.35 bits per heavy atom. The maximum atomic E-state index is 10.8. The van der Waals surface area contributed by atoms with E-state index in [9.17, 15) is 4.79 Å². The van der Waals surface area contributed by atoms with Crippen molar-refractivity contribution in [3.8, 4) is 5.75 Å². The molecule has 0 heterocycles. The van der Waals surface area contributed by atoms with Gasteiger partial charge in [0.05, 0.1) is 10.0 Å². The molecule has 4 nitrogen and oxygen atoms in total. The molecule has 0 aliphatic rings. The highest BCUT2D eigenvalue weighted by Gasteiger charge is 2.13. The van der Waals surface area contributed by atoms with Gasteiger partial charge in [0.1, 0.15) is 12.6 Å². The summed E-state index contributed by atoms with van der Waals surface area (Å²) in [5.74, 6) is -0.489. The standard InChI is InChI=1S/C17H17Cl2NO3/c1-11(17(21)22)20-9-13-7-14(18)16(15(19)8-13)23-10-12-5-3-2-4-6-12/h2-8,11,20H,9-10H2,1H3,(H,21,22). The Labute approximate surface area is 145 Å². The van der Waals surface area contributed by atoms with Crippen LogP contribution in [0.25, 0.3) is 0 Å². The zero-order chi connectivity index (χ0) is 16.8. The monoisotopic (exact) mass is 353 g/mol. The summed E-state index contributed by atoms with van der Waals surface area (Å²) in [7, 11) is 0. The van der Waals surface area contributed by atoms with Gasteiger partial charge < -0.3 is 15.2 Å². The number of benzene rings is 2. The van der Waals surface area contributed by atoms with Gasteiger partial charge in [-0.05, 0) is 30.2 Å². The van der Waals surface area contributed by atoms with E-state index in [0.29, 0.717) is 28.9 Å². The quantitative estimate of drug-likeness (QED) is 0.785. The van der Waals surface area contributed by atoms with E-state index < -0.39 is 12.0 Å². The summed E-state index contributed by atoms with van der Waals surface area (Å²) < 4.78 is 5.69. The number of hydrogen-bond acceptors (Lipinski definition) is 3. The first kappa shape index (κ1) is 17.6. The lowest BCUT2D eigenvalue weighted by molar-refractivity contribution is -0.139. The molecule has 0 bridgehead atoms. The van der Waals surface area contributed by atoms with Gasteiger partial charge >= 0.3 is 5.97 Å². The first-order valence-electron chi connectivity index (χ1n) is 7.08. The van der Waals surface area contributed by atoms with E-state index in [2.05, 4.69) is 5.32 Å².